The van der Waals surface area contributed by atoms with E-state index in [-0.39, 0.29) is 12.4 Å². The van der Waals surface area contributed by atoms with E-state index in [2.05, 4.69) is 4.98 Å². The summed E-state index contributed by atoms with van der Waals surface area (Å²) in [7, 11) is 0. The number of carbonyl (C=O) groups excluding carboxylic acids is 1. The molecular formula is C19H23N3O6. The Kier molecular flexibility index (Phi) is 5.50. The number of aliphatic hydroxyl groups excluding tert-OH is 2. The van der Waals surface area contributed by atoms with Crippen LogP contribution < -0.4 is 11.4 Å². The van der Waals surface area contributed by atoms with Crippen LogP contribution in [0.15, 0.2) is 29.2 Å². The molecule has 3 rings (SSSR count). The number of nitrogens with zero attached hydrogens (tertiary/aromatic N) is 2. The highest BCUT2D eigenvalue weighted by molar-refractivity contribution is 5.92. The zero-order chi connectivity index (χ0) is 20.6. The number of anilines is 1. The molecule has 4 N–H and O–H groups in total. The average molecular weight is 389 g/mol. The molecule has 150 valence electrons. The van der Waals surface area contributed by atoms with Crippen molar-refractivity contribution in [3.8, 4) is 0 Å². The van der Waals surface area contributed by atoms with E-state index in [1.807, 2.05) is 32.9 Å². The number of rotatable bonds is 4. The lowest BCUT2D eigenvalue weighted by Gasteiger charge is -2.17. The molecule has 1 aliphatic rings. The largest absolute Gasteiger partial charge is 0.459 e. The van der Waals surface area contributed by atoms with Crippen molar-refractivity contribution in [1.29, 1.82) is 0 Å². The van der Waals surface area contributed by atoms with Crippen LogP contribution >= 0.6 is 0 Å². The molecule has 2 aromatic rings. The third kappa shape index (κ3) is 3.77. The SMILES string of the molecule is Cc1cc(C)c(C(=O)OC[C@H]2O[C@@H](n3ccc(N)nc3=O)[C@H](O)[C@@H]2O)c(C)c1. The van der Waals surface area contributed by atoms with E-state index in [0.29, 0.717) is 5.56 Å². The van der Waals surface area contributed by atoms with E-state index in [0.717, 1.165) is 21.3 Å². The van der Waals surface area contributed by atoms with Gasteiger partial charge in [0.05, 0.1) is 5.56 Å². The fourth-order valence-corrected chi connectivity index (χ4v) is 3.45. The molecule has 1 aliphatic heterocycles. The summed E-state index contributed by atoms with van der Waals surface area (Å²) in [6.45, 7) is 5.29. The number of hydrogen-bond donors (Lipinski definition) is 3. The Morgan fingerprint density at radius 3 is 2.50 bits per heavy atom. The number of nitrogen functional groups attached to an aromatic ring is 1. The molecule has 9 nitrogen and oxygen atoms in total. The first-order valence-corrected chi connectivity index (χ1v) is 8.80. The maximum Gasteiger partial charge on any atom is 0.351 e. The van der Waals surface area contributed by atoms with Gasteiger partial charge in [-0.25, -0.2) is 9.59 Å². The van der Waals surface area contributed by atoms with Gasteiger partial charge in [0, 0.05) is 6.20 Å². The van der Waals surface area contributed by atoms with Crippen LogP contribution in [0.1, 0.15) is 33.3 Å². The molecule has 0 amide bonds. The number of hydrogen-bond acceptors (Lipinski definition) is 8. The van der Waals surface area contributed by atoms with Gasteiger partial charge in [0.25, 0.3) is 0 Å². The van der Waals surface area contributed by atoms with Gasteiger partial charge in [0.15, 0.2) is 6.23 Å². The van der Waals surface area contributed by atoms with Crippen LogP contribution in [-0.2, 0) is 9.47 Å². The van der Waals surface area contributed by atoms with Crippen LogP contribution in [-0.4, -0.2) is 50.7 Å². The van der Waals surface area contributed by atoms with E-state index in [1.54, 1.807) is 0 Å². The minimum atomic E-state index is -1.39. The number of nitrogens with two attached hydrogens (primary N) is 1. The van der Waals surface area contributed by atoms with Gasteiger partial charge in [-0.1, -0.05) is 17.7 Å². The Bertz CT molecular complexity index is 934. The lowest BCUT2D eigenvalue weighted by Crippen LogP contribution is -2.36. The average Bonchev–Trinajstić information content (AvgIpc) is 2.87. The molecule has 4 atom stereocenters. The summed E-state index contributed by atoms with van der Waals surface area (Å²) >= 11 is 0. The van der Waals surface area contributed by atoms with Gasteiger partial charge in [-0.05, 0) is 38.0 Å². The summed E-state index contributed by atoms with van der Waals surface area (Å²) in [5.74, 6) is -0.515. The van der Waals surface area contributed by atoms with Gasteiger partial charge in [0.2, 0.25) is 0 Å². The molecule has 1 saturated heterocycles. The lowest BCUT2D eigenvalue weighted by atomic mass is 10.00. The summed E-state index contributed by atoms with van der Waals surface area (Å²) < 4.78 is 11.9. The van der Waals surface area contributed by atoms with E-state index in [4.69, 9.17) is 15.2 Å². The molecule has 0 saturated carbocycles. The number of aliphatic hydroxyl groups is 2. The minimum Gasteiger partial charge on any atom is -0.459 e. The summed E-state index contributed by atoms with van der Waals surface area (Å²) in [5.41, 5.74) is 7.79. The van der Waals surface area contributed by atoms with Crippen molar-refractivity contribution in [2.75, 3.05) is 12.3 Å². The summed E-state index contributed by atoms with van der Waals surface area (Å²) in [6, 6.07) is 5.13. The van der Waals surface area contributed by atoms with Gasteiger partial charge in [-0.3, -0.25) is 4.57 Å². The number of aromatic nitrogens is 2. The van der Waals surface area contributed by atoms with Crippen LogP contribution in [0.5, 0.6) is 0 Å². The van der Waals surface area contributed by atoms with Crippen molar-refractivity contribution in [2.45, 2.75) is 45.3 Å². The second-order valence-electron chi connectivity index (χ2n) is 6.96. The predicted molar refractivity (Wildman–Crippen MR) is 99.8 cm³/mol. The first-order chi connectivity index (χ1) is 13.2. The molecular weight excluding hydrogens is 366 g/mol. The van der Waals surface area contributed by atoms with Crippen molar-refractivity contribution in [3.63, 3.8) is 0 Å². The summed E-state index contributed by atoms with van der Waals surface area (Å²) in [4.78, 5) is 28.0. The lowest BCUT2D eigenvalue weighted by molar-refractivity contribution is -0.0598. The van der Waals surface area contributed by atoms with Crippen molar-refractivity contribution >= 4 is 11.8 Å². The first kappa shape index (κ1) is 20.0. The van der Waals surface area contributed by atoms with Crippen molar-refractivity contribution in [3.05, 3.63) is 57.1 Å². The fourth-order valence-electron chi connectivity index (χ4n) is 3.45. The van der Waals surface area contributed by atoms with Crippen molar-refractivity contribution in [2.24, 2.45) is 0 Å². The highest BCUT2D eigenvalue weighted by atomic mass is 16.6. The van der Waals surface area contributed by atoms with Crippen LogP contribution in [0.3, 0.4) is 0 Å². The predicted octanol–water partition coefficient (Wildman–Crippen LogP) is 0.227. The van der Waals surface area contributed by atoms with Gasteiger partial charge in [-0.2, -0.15) is 4.98 Å². The van der Waals surface area contributed by atoms with E-state index >= 15 is 0 Å². The van der Waals surface area contributed by atoms with E-state index < -0.39 is 36.2 Å². The normalized spacial score (nSPS) is 24.3. The number of benzene rings is 1. The maximum absolute atomic E-state index is 12.5. The molecule has 0 bridgehead atoms. The highest BCUT2D eigenvalue weighted by Crippen LogP contribution is 2.29. The van der Waals surface area contributed by atoms with Crippen LogP contribution in [0.4, 0.5) is 5.82 Å². The molecule has 0 aliphatic carbocycles. The molecule has 0 unspecified atom stereocenters. The monoisotopic (exact) mass is 389 g/mol. The van der Waals surface area contributed by atoms with E-state index in [9.17, 15) is 19.8 Å². The standard InChI is InChI=1S/C19H23N3O6/c1-9-6-10(2)14(11(3)7-9)18(25)27-8-12-15(23)16(24)17(28-12)22-5-4-13(20)21-19(22)26/h4-7,12,15-17,23-24H,8H2,1-3H3,(H2,20,21,26)/t12-,15-,16-,17-/m1/s1. The third-order valence-corrected chi connectivity index (χ3v) is 4.72. The quantitative estimate of drug-likeness (QED) is 0.632. The molecule has 1 aromatic heterocycles. The first-order valence-electron chi connectivity index (χ1n) is 8.80. The highest BCUT2D eigenvalue weighted by Gasteiger charge is 2.44. The maximum atomic E-state index is 12.5. The molecule has 1 aromatic carbocycles. The zero-order valence-electron chi connectivity index (χ0n) is 15.8. The Morgan fingerprint density at radius 2 is 1.89 bits per heavy atom. The smallest absolute Gasteiger partial charge is 0.351 e. The van der Waals surface area contributed by atoms with Crippen LogP contribution in [0, 0.1) is 20.8 Å². The number of carbonyl (C=O) groups is 1. The molecule has 1 fully saturated rings. The van der Waals surface area contributed by atoms with Crippen molar-refractivity contribution < 1.29 is 24.5 Å². The zero-order valence-corrected chi connectivity index (χ0v) is 15.8. The number of esters is 1. The Morgan fingerprint density at radius 1 is 1.25 bits per heavy atom. The van der Waals surface area contributed by atoms with E-state index in [1.165, 1.54) is 12.3 Å². The fraction of sp³-hybridized carbons (Fsp3) is 0.421. The molecule has 9 heteroatoms. The minimum absolute atomic E-state index is 0.0311. The van der Waals surface area contributed by atoms with Gasteiger partial charge in [-0.15, -0.1) is 0 Å². The second kappa shape index (κ2) is 7.70. The Hall–Kier alpha value is -2.75. The van der Waals surface area contributed by atoms with Gasteiger partial charge >= 0.3 is 11.7 Å². The Labute approximate surface area is 161 Å². The molecule has 2 heterocycles. The molecule has 0 radical (unpaired) electrons. The second-order valence-corrected chi connectivity index (χ2v) is 6.96. The summed E-state index contributed by atoms with van der Waals surface area (Å²) in [6.07, 6.45) is -3.59. The molecule has 0 spiro atoms. The summed E-state index contributed by atoms with van der Waals surface area (Å²) in [5, 5.41) is 20.5. The number of aryl methyl sites for hydroxylation is 3. The van der Waals surface area contributed by atoms with Crippen molar-refractivity contribution in [1.82, 2.24) is 9.55 Å². The van der Waals surface area contributed by atoms with Gasteiger partial charge in [0.1, 0.15) is 30.7 Å². The number of ether oxygens (including phenoxy) is 2. The third-order valence-electron chi connectivity index (χ3n) is 4.72. The van der Waals surface area contributed by atoms with Crippen LogP contribution in [0.25, 0.3) is 0 Å². The van der Waals surface area contributed by atoms with Crippen LogP contribution in [0.2, 0.25) is 0 Å². The van der Waals surface area contributed by atoms with Gasteiger partial charge < -0.3 is 25.4 Å². The molecule has 28 heavy (non-hydrogen) atoms. The Balaban J connectivity index is 1.72. The topological polar surface area (TPSA) is 137 Å².